The van der Waals surface area contributed by atoms with E-state index in [2.05, 4.69) is 4.98 Å². The van der Waals surface area contributed by atoms with Crippen LogP contribution in [0.1, 0.15) is 10.6 Å². The Morgan fingerprint density at radius 1 is 1.21 bits per heavy atom. The summed E-state index contributed by atoms with van der Waals surface area (Å²) < 4.78 is 6.63. The zero-order chi connectivity index (χ0) is 19.7. The highest BCUT2D eigenvalue weighted by atomic mass is 32.2. The molecule has 4 heterocycles. The molecule has 0 bridgehead atoms. The molecule has 4 rings (SSSR count). The van der Waals surface area contributed by atoms with Crippen LogP contribution in [0, 0.1) is 0 Å². The minimum Gasteiger partial charge on any atom is -0.459 e. The van der Waals surface area contributed by atoms with E-state index in [-0.39, 0.29) is 23.1 Å². The maximum Gasteiger partial charge on any atom is 0.289 e. The number of carbonyl (C=O) groups excluding carboxylic acids is 2. The average Bonchev–Trinajstić information content (AvgIpc) is 3.41. The molecule has 0 aromatic carbocycles. The number of piperazine rings is 1. The number of fused-ring (bicyclic) bond motifs is 1. The monoisotopic (exact) mass is 418 g/mol. The molecular weight excluding hydrogens is 400 g/mol. The summed E-state index contributed by atoms with van der Waals surface area (Å²) in [7, 11) is 1.66. The fourth-order valence-corrected chi connectivity index (χ4v) is 4.72. The SMILES string of the molecule is Cn1c(SCC(=O)N2CCN(C(=O)c3ccco3)CC2)nc2sccc2c1=O. The third-order valence-corrected chi connectivity index (χ3v) is 6.46. The third-order valence-electron chi connectivity index (χ3n) is 4.64. The van der Waals surface area contributed by atoms with E-state index in [0.29, 0.717) is 47.3 Å². The van der Waals surface area contributed by atoms with Gasteiger partial charge in [0.15, 0.2) is 10.9 Å². The normalized spacial score (nSPS) is 14.6. The van der Waals surface area contributed by atoms with Crippen molar-refractivity contribution in [2.24, 2.45) is 7.05 Å². The van der Waals surface area contributed by atoms with Gasteiger partial charge in [0.1, 0.15) is 4.83 Å². The van der Waals surface area contributed by atoms with Crippen LogP contribution in [-0.2, 0) is 11.8 Å². The largest absolute Gasteiger partial charge is 0.459 e. The maximum atomic E-state index is 12.6. The van der Waals surface area contributed by atoms with E-state index in [4.69, 9.17) is 4.42 Å². The molecular formula is C18H18N4O4S2. The summed E-state index contributed by atoms with van der Waals surface area (Å²) in [5.74, 6) is 0.320. The summed E-state index contributed by atoms with van der Waals surface area (Å²) in [6.45, 7) is 1.88. The smallest absolute Gasteiger partial charge is 0.289 e. The molecule has 0 atom stereocenters. The zero-order valence-corrected chi connectivity index (χ0v) is 16.8. The van der Waals surface area contributed by atoms with Gasteiger partial charge in [-0.15, -0.1) is 11.3 Å². The Labute approximate surface area is 168 Å². The number of thiophene rings is 1. The Morgan fingerprint density at radius 2 is 1.96 bits per heavy atom. The molecule has 0 N–H and O–H groups in total. The molecule has 3 aromatic heterocycles. The van der Waals surface area contributed by atoms with Gasteiger partial charge < -0.3 is 14.2 Å². The highest BCUT2D eigenvalue weighted by Gasteiger charge is 2.26. The first-order valence-electron chi connectivity index (χ1n) is 8.72. The van der Waals surface area contributed by atoms with Gasteiger partial charge in [-0.3, -0.25) is 19.0 Å². The average molecular weight is 419 g/mol. The Bertz CT molecular complexity index is 1070. The van der Waals surface area contributed by atoms with Gasteiger partial charge in [-0.05, 0) is 23.6 Å². The van der Waals surface area contributed by atoms with Gasteiger partial charge >= 0.3 is 0 Å². The number of carbonyl (C=O) groups is 2. The second-order valence-electron chi connectivity index (χ2n) is 6.34. The van der Waals surface area contributed by atoms with Crippen molar-refractivity contribution in [3.8, 4) is 0 Å². The molecule has 0 spiro atoms. The Hall–Kier alpha value is -2.59. The predicted octanol–water partition coefficient (Wildman–Crippen LogP) is 1.66. The molecule has 28 heavy (non-hydrogen) atoms. The first kappa shape index (κ1) is 18.8. The number of thioether (sulfide) groups is 1. The van der Waals surface area contributed by atoms with E-state index in [1.165, 1.54) is 33.9 Å². The molecule has 3 aromatic rings. The van der Waals surface area contributed by atoms with Crippen LogP contribution in [0.25, 0.3) is 10.2 Å². The van der Waals surface area contributed by atoms with E-state index < -0.39 is 0 Å². The minimum absolute atomic E-state index is 0.0318. The summed E-state index contributed by atoms with van der Waals surface area (Å²) >= 11 is 2.67. The van der Waals surface area contributed by atoms with Gasteiger partial charge in [-0.1, -0.05) is 11.8 Å². The molecule has 0 unspecified atom stereocenters. The first-order chi connectivity index (χ1) is 13.5. The Balaban J connectivity index is 1.35. The van der Waals surface area contributed by atoms with Gasteiger partial charge in [0.25, 0.3) is 11.5 Å². The highest BCUT2D eigenvalue weighted by Crippen LogP contribution is 2.21. The predicted molar refractivity (Wildman–Crippen MR) is 107 cm³/mol. The fraction of sp³-hybridized carbons (Fsp3) is 0.333. The van der Waals surface area contributed by atoms with Crippen molar-refractivity contribution in [1.82, 2.24) is 19.4 Å². The van der Waals surface area contributed by atoms with Crippen molar-refractivity contribution < 1.29 is 14.0 Å². The molecule has 10 heteroatoms. The zero-order valence-electron chi connectivity index (χ0n) is 15.2. The first-order valence-corrected chi connectivity index (χ1v) is 10.6. The van der Waals surface area contributed by atoms with Crippen LogP contribution in [-0.4, -0.2) is 63.1 Å². The maximum absolute atomic E-state index is 12.6. The van der Waals surface area contributed by atoms with Crippen LogP contribution < -0.4 is 5.56 Å². The van der Waals surface area contributed by atoms with Crippen molar-refractivity contribution in [2.45, 2.75) is 5.16 Å². The third kappa shape index (κ3) is 3.57. The summed E-state index contributed by atoms with van der Waals surface area (Å²) in [6, 6.07) is 5.08. The number of rotatable bonds is 4. The van der Waals surface area contributed by atoms with E-state index >= 15 is 0 Å². The summed E-state index contributed by atoms with van der Waals surface area (Å²) in [5, 5.41) is 2.96. The number of amides is 2. The van der Waals surface area contributed by atoms with Crippen molar-refractivity contribution >= 4 is 45.1 Å². The van der Waals surface area contributed by atoms with Crippen LogP contribution in [0.2, 0.25) is 0 Å². The lowest BCUT2D eigenvalue weighted by Gasteiger charge is -2.34. The highest BCUT2D eigenvalue weighted by molar-refractivity contribution is 7.99. The van der Waals surface area contributed by atoms with E-state index in [0.717, 1.165) is 0 Å². The van der Waals surface area contributed by atoms with Gasteiger partial charge in [0, 0.05) is 33.2 Å². The molecule has 0 saturated carbocycles. The van der Waals surface area contributed by atoms with Crippen molar-refractivity contribution in [2.75, 3.05) is 31.9 Å². The van der Waals surface area contributed by atoms with Crippen LogP contribution in [0.4, 0.5) is 0 Å². The van der Waals surface area contributed by atoms with Crippen LogP contribution in [0.5, 0.6) is 0 Å². The number of nitrogens with zero attached hydrogens (tertiary/aromatic N) is 4. The van der Waals surface area contributed by atoms with Crippen molar-refractivity contribution in [1.29, 1.82) is 0 Å². The van der Waals surface area contributed by atoms with Gasteiger partial charge in [-0.2, -0.15) is 0 Å². The number of furan rings is 1. The minimum atomic E-state index is -0.157. The molecule has 8 nitrogen and oxygen atoms in total. The van der Waals surface area contributed by atoms with Gasteiger partial charge in [-0.25, -0.2) is 4.98 Å². The number of hydrogen-bond donors (Lipinski definition) is 0. The lowest BCUT2D eigenvalue weighted by Crippen LogP contribution is -2.51. The molecule has 0 aliphatic carbocycles. The second kappa shape index (κ2) is 7.80. The van der Waals surface area contributed by atoms with Crippen LogP contribution in [0.3, 0.4) is 0 Å². The summed E-state index contributed by atoms with van der Waals surface area (Å²) in [4.78, 5) is 45.8. The molecule has 1 aliphatic heterocycles. The Kier molecular flexibility index (Phi) is 5.23. The molecule has 1 fully saturated rings. The fourth-order valence-electron chi connectivity index (χ4n) is 3.04. The van der Waals surface area contributed by atoms with Crippen molar-refractivity contribution in [3.63, 3.8) is 0 Å². The Morgan fingerprint density at radius 3 is 2.68 bits per heavy atom. The molecule has 146 valence electrons. The quantitative estimate of drug-likeness (QED) is 0.473. The lowest BCUT2D eigenvalue weighted by molar-refractivity contribution is -0.129. The number of aromatic nitrogens is 2. The molecule has 2 amide bonds. The van der Waals surface area contributed by atoms with Crippen LogP contribution in [0.15, 0.2) is 44.2 Å². The van der Waals surface area contributed by atoms with Crippen LogP contribution >= 0.6 is 23.1 Å². The van der Waals surface area contributed by atoms with Crippen molar-refractivity contribution in [3.05, 3.63) is 46.0 Å². The lowest BCUT2D eigenvalue weighted by atomic mass is 10.3. The van der Waals surface area contributed by atoms with E-state index in [1.807, 2.05) is 5.38 Å². The molecule has 1 aliphatic rings. The molecule has 0 radical (unpaired) electrons. The topological polar surface area (TPSA) is 88.7 Å². The summed E-state index contributed by atoms with van der Waals surface area (Å²) in [6.07, 6.45) is 1.47. The van der Waals surface area contributed by atoms with Gasteiger partial charge in [0.2, 0.25) is 5.91 Å². The summed E-state index contributed by atoms with van der Waals surface area (Å²) in [5.41, 5.74) is -0.105. The van der Waals surface area contributed by atoms with Gasteiger partial charge in [0.05, 0.1) is 17.4 Å². The van der Waals surface area contributed by atoms with E-state index in [1.54, 1.807) is 35.0 Å². The second-order valence-corrected chi connectivity index (χ2v) is 8.17. The number of hydrogen-bond acceptors (Lipinski definition) is 7. The van der Waals surface area contributed by atoms with E-state index in [9.17, 15) is 14.4 Å². The standard InChI is InChI=1S/C18H18N4O4S2/c1-20-16(24)12-4-10-27-15(12)19-18(20)28-11-14(23)21-5-7-22(8-6-21)17(25)13-3-2-9-26-13/h2-4,9-10H,5-8,11H2,1H3. The molecule has 1 saturated heterocycles.